The molecule has 5 nitrogen and oxygen atoms in total. The summed E-state index contributed by atoms with van der Waals surface area (Å²) in [5.74, 6) is 1.64. The number of benzene rings is 9. The van der Waals surface area contributed by atoms with Gasteiger partial charge in [-0.15, -0.1) is 0 Å². The molecule has 1 aliphatic rings. The Balaban J connectivity index is 1.00. The van der Waals surface area contributed by atoms with E-state index in [1.807, 2.05) is 30.3 Å². The Kier molecular flexibility index (Phi) is 6.86. The van der Waals surface area contributed by atoms with Crippen LogP contribution in [0.1, 0.15) is 0 Å². The van der Waals surface area contributed by atoms with Gasteiger partial charge >= 0.3 is 0 Å². The predicted octanol–water partition coefficient (Wildman–Crippen LogP) is 15.4. The fourth-order valence-corrected chi connectivity index (χ4v) is 8.67. The average Bonchev–Trinajstić information content (AvgIpc) is 3.83. The second-order valence-corrected chi connectivity index (χ2v) is 14.5. The lowest BCUT2D eigenvalue weighted by atomic mass is 9.93. The molecule has 57 heavy (non-hydrogen) atoms. The normalized spacial score (nSPS) is 12.0. The number of anilines is 6. The fourth-order valence-electron chi connectivity index (χ4n) is 8.67. The quantitative estimate of drug-likeness (QED) is 0.170. The van der Waals surface area contributed by atoms with Gasteiger partial charge in [-0.3, -0.25) is 0 Å². The number of furan rings is 2. The fraction of sp³-hybridized carbons (Fsp3) is 0. The molecule has 0 radical (unpaired) electrons. The molecule has 3 heterocycles. The van der Waals surface area contributed by atoms with Crippen molar-refractivity contribution in [3.63, 3.8) is 0 Å². The van der Waals surface area contributed by atoms with Gasteiger partial charge in [-0.2, -0.15) is 0 Å². The number of fused-ring (bicyclic) bond motifs is 8. The molecule has 0 N–H and O–H groups in total. The van der Waals surface area contributed by atoms with Crippen molar-refractivity contribution in [3.8, 4) is 22.6 Å². The molecule has 0 spiro atoms. The maximum absolute atomic E-state index is 6.90. The third kappa shape index (κ3) is 4.96. The van der Waals surface area contributed by atoms with Gasteiger partial charge in [-0.05, 0) is 103 Å². The van der Waals surface area contributed by atoms with Crippen LogP contribution in [0.4, 0.5) is 34.1 Å². The predicted molar refractivity (Wildman–Crippen MR) is 233 cm³/mol. The topological polar surface area (TPSA) is 42.0 Å². The van der Waals surface area contributed by atoms with E-state index in [0.717, 1.165) is 111 Å². The molecule has 0 saturated heterocycles. The number of hydrogen-bond donors (Lipinski definition) is 0. The van der Waals surface area contributed by atoms with Gasteiger partial charge in [0, 0.05) is 72.4 Å². The average molecular weight is 733 g/mol. The molecule has 0 bridgehead atoms. The van der Waals surface area contributed by atoms with Crippen molar-refractivity contribution >= 4 is 88.8 Å². The van der Waals surface area contributed by atoms with E-state index in [2.05, 4.69) is 174 Å². The minimum absolute atomic E-state index is 0.813. The number of hydrogen-bond acceptors (Lipinski definition) is 5. The summed E-state index contributed by atoms with van der Waals surface area (Å²) in [5, 5.41) is 6.56. The Morgan fingerprint density at radius 3 is 1.47 bits per heavy atom. The van der Waals surface area contributed by atoms with Crippen molar-refractivity contribution in [2.45, 2.75) is 0 Å². The minimum atomic E-state index is 0.813. The second-order valence-electron chi connectivity index (χ2n) is 14.5. The monoisotopic (exact) mass is 732 g/mol. The van der Waals surface area contributed by atoms with E-state index in [-0.39, 0.29) is 0 Å². The van der Waals surface area contributed by atoms with Crippen LogP contribution in [0.2, 0.25) is 0 Å². The van der Waals surface area contributed by atoms with Crippen LogP contribution < -0.4 is 14.5 Å². The molecule has 5 heteroatoms. The summed E-state index contributed by atoms with van der Waals surface area (Å²) in [7, 11) is 0. The highest BCUT2D eigenvalue weighted by atomic mass is 16.5. The van der Waals surface area contributed by atoms with E-state index in [9.17, 15) is 0 Å². The first-order valence-corrected chi connectivity index (χ1v) is 19.2. The van der Waals surface area contributed by atoms with Crippen molar-refractivity contribution in [1.82, 2.24) is 0 Å². The molecule has 0 saturated carbocycles. The third-order valence-electron chi connectivity index (χ3n) is 11.2. The summed E-state index contributed by atoms with van der Waals surface area (Å²) < 4.78 is 19.3. The summed E-state index contributed by atoms with van der Waals surface area (Å²) >= 11 is 0. The van der Waals surface area contributed by atoms with E-state index in [1.165, 1.54) is 0 Å². The summed E-state index contributed by atoms with van der Waals surface area (Å²) in [4.78, 5) is 4.61. The van der Waals surface area contributed by atoms with Crippen molar-refractivity contribution < 1.29 is 13.6 Å². The van der Waals surface area contributed by atoms with Crippen LogP contribution in [0.25, 0.3) is 65.8 Å². The van der Waals surface area contributed by atoms with Crippen LogP contribution in [0, 0.1) is 0 Å². The van der Waals surface area contributed by atoms with Gasteiger partial charge in [0.2, 0.25) is 0 Å². The van der Waals surface area contributed by atoms with Crippen molar-refractivity contribution in [3.05, 3.63) is 194 Å². The molecule has 2 aromatic heterocycles. The van der Waals surface area contributed by atoms with Crippen LogP contribution in [0.3, 0.4) is 0 Å². The highest BCUT2D eigenvalue weighted by Gasteiger charge is 2.26. The van der Waals surface area contributed by atoms with Gasteiger partial charge < -0.3 is 23.4 Å². The first-order valence-electron chi connectivity index (χ1n) is 19.2. The van der Waals surface area contributed by atoms with Crippen molar-refractivity contribution in [1.29, 1.82) is 0 Å². The van der Waals surface area contributed by atoms with Crippen LogP contribution in [0.5, 0.6) is 11.5 Å². The van der Waals surface area contributed by atoms with Gasteiger partial charge in [-0.1, -0.05) is 91.0 Å². The van der Waals surface area contributed by atoms with Gasteiger partial charge in [0.15, 0.2) is 0 Å². The molecule has 9 aromatic carbocycles. The van der Waals surface area contributed by atoms with Crippen molar-refractivity contribution in [2.24, 2.45) is 0 Å². The highest BCUT2D eigenvalue weighted by molar-refractivity contribution is 6.12. The first kappa shape index (κ1) is 31.6. The van der Waals surface area contributed by atoms with Crippen LogP contribution >= 0.6 is 0 Å². The number of ether oxygens (including phenoxy) is 1. The van der Waals surface area contributed by atoms with Gasteiger partial charge in [0.25, 0.3) is 0 Å². The SMILES string of the molecule is c1ccc(N(c2ccc3c(c2)Oc2cccc4c(N(c5ccccc5)c5ccc6oc7ccccc7c6c5)ccc-3c24)c2ccc3oc4ccccc4c3c2)cc1. The Morgan fingerprint density at radius 1 is 0.298 bits per heavy atom. The zero-order valence-corrected chi connectivity index (χ0v) is 30.6. The van der Waals surface area contributed by atoms with Gasteiger partial charge in [-0.25, -0.2) is 0 Å². The minimum Gasteiger partial charge on any atom is -0.456 e. The Bertz CT molecular complexity index is 3350. The maximum atomic E-state index is 6.90. The molecule has 0 amide bonds. The standard InChI is InChI=1S/C52H32N2O3/c1-3-12-33(13-4-1)53(35-23-28-48-43(30-35)38-16-7-9-19-46(38)55-48)37-22-25-40-41-26-27-45(42-18-11-21-50(52(41)42)57-51(40)32-37)54(34-14-5-2-6-15-34)36-24-29-49-44(31-36)39-17-8-10-20-47(39)56-49/h1-32H. The number of nitrogens with zero attached hydrogens (tertiary/aromatic N) is 2. The Hall–Kier alpha value is -7.76. The maximum Gasteiger partial charge on any atom is 0.137 e. The van der Waals surface area contributed by atoms with Crippen LogP contribution in [-0.4, -0.2) is 0 Å². The van der Waals surface area contributed by atoms with E-state index in [0.29, 0.717) is 0 Å². The summed E-state index contributed by atoms with van der Waals surface area (Å²) in [5.41, 5.74) is 12.0. The molecule has 0 aliphatic carbocycles. The zero-order valence-electron chi connectivity index (χ0n) is 30.6. The van der Waals surface area contributed by atoms with E-state index >= 15 is 0 Å². The molecular formula is C52H32N2O3. The molecule has 0 atom stereocenters. The lowest BCUT2D eigenvalue weighted by molar-refractivity contribution is 0.487. The summed E-state index contributed by atoms with van der Waals surface area (Å²) in [6.45, 7) is 0. The second kappa shape index (κ2) is 12.4. The third-order valence-corrected chi connectivity index (χ3v) is 11.2. The van der Waals surface area contributed by atoms with Gasteiger partial charge in [0.1, 0.15) is 33.8 Å². The lowest BCUT2D eigenvalue weighted by Crippen LogP contribution is -2.11. The number of para-hydroxylation sites is 4. The molecular weight excluding hydrogens is 701 g/mol. The molecule has 12 rings (SSSR count). The van der Waals surface area contributed by atoms with E-state index in [1.54, 1.807) is 0 Å². The smallest absolute Gasteiger partial charge is 0.137 e. The van der Waals surface area contributed by atoms with E-state index < -0.39 is 0 Å². The summed E-state index contributed by atoms with van der Waals surface area (Å²) in [6, 6.07) is 67.8. The Morgan fingerprint density at radius 2 is 0.807 bits per heavy atom. The van der Waals surface area contributed by atoms with Gasteiger partial charge in [0.05, 0.1) is 5.69 Å². The van der Waals surface area contributed by atoms with Crippen LogP contribution in [-0.2, 0) is 0 Å². The number of rotatable bonds is 6. The lowest BCUT2D eigenvalue weighted by Gasteiger charge is -2.30. The zero-order chi connectivity index (χ0) is 37.5. The van der Waals surface area contributed by atoms with E-state index in [4.69, 9.17) is 13.6 Å². The summed E-state index contributed by atoms with van der Waals surface area (Å²) in [6.07, 6.45) is 0. The Labute approximate surface area is 327 Å². The molecule has 0 fully saturated rings. The van der Waals surface area contributed by atoms with Crippen molar-refractivity contribution in [2.75, 3.05) is 9.80 Å². The van der Waals surface area contributed by atoms with Crippen LogP contribution in [0.15, 0.2) is 203 Å². The molecule has 1 aliphatic heterocycles. The first-order chi connectivity index (χ1) is 28.2. The molecule has 268 valence electrons. The molecule has 0 unspecified atom stereocenters. The largest absolute Gasteiger partial charge is 0.456 e. The molecule has 11 aromatic rings. The highest BCUT2D eigenvalue weighted by Crippen LogP contribution is 2.52.